The molecule has 1 saturated carbocycles. The highest BCUT2D eigenvalue weighted by Gasteiger charge is 2.39. The number of rotatable bonds is 2. The van der Waals surface area contributed by atoms with E-state index >= 15 is 0 Å². The Labute approximate surface area is 67.3 Å². The van der Waals surface area contributed by atoms with Crippen LogP contribution in [0, 0.1) is 11.3 Å². The molecule has 0 aromatic heterocycles. The van der Waals surface area contributed by atoms with Gasteiger partial charge in [0.05, 0.1) is 0 Å². The maximum atomic E-state index is 5.73. The first-order chi connectivity index (χ1) is 4.85. The third kappa shape index (κ3) is 0.897. The van der Waals surface area contributed by atoms with Gasteiger partial charge in [-0.1, -0.05) is 12.2 Å². The van der Waals surface area contributed by atoms with Gasteiger partial charge >= 0.3 is 0 Å². The van der Waals surface area contributed by atoms with Gasteiger partial charge in [0.15, 0.2) is 0 Å². The molecule has 0 N–H and O–H groups in total. The Bertz CT molecular complexity index is 162. The highest BCUT2D eigenvalue weighted by Crippen LogP contribution is 2.51. The molecule has 1 heteroatoms. The number of allylic oxidation sites excluding steroid dienone is 2. The van der Waals surface area contributed by atoms with Gasteiger partial charge in [0.2, 0.25) is 0 Å². The standard InChI is InChI=1S/C9H13Cl/c10-6-5-9-3-1-8(7-9)2-4-9/h1,3,8H,2,4-7H2. The minimum Gasteiger partial charge on any atom is -0.127 e. The molecule has 2 aliphatic carbocycles. The summed E-state index contributed by atoms with van der Waals surface area (Å²) in [5, 5.41) is 0. The zero-order valence-electron chi connectivity index (χ0n) is 6.15. The summed E-state index contributed by atoms with van der Waals surface area (Å²) < 4.78 is 0. The second-order valence-corrected chi connectivity index (χ2v) is 4.04. The van der Waals surface area contributed by atoms with Crippen LogP contribution >= 0.6 is 11.6 Å². The second kappa shape index (κ2) is 2.27. The van der Waals surface area contributed by atoms with E-state index < -0.39 is 0 Å². The second-order valence-electron chi connectivity index (χ2n) is 3.66. The predicted octanol–water partition coefficient (Wildman–Crippen LogP) is 2.97. The summed E-state index contributed by atoms with van der Waals surface area (Å²) in [7, 11) is 0. The molecule has 0 aromatic rings. The topological polar surface area (TPSA) is 0 Å². The highest BCUT2D eigenvalue weighted by atomic mass is 35.5. The van der Waals surface area contributed by atoms with Crippen LogP contribution in [0.3, 0.4) is 0 Å². The Kier molecular flexibility index (Phi) is 1.52. The van der Waals surface area contributed by atoms with E-state index in [0.717, 1.165) is 11.8 Å². The lowest BCUT2D eigenvalue weighted by atomic mass is 9.85. The van der Waals surface area contributed by atoms with E-state index in [-0.39, 0.29) is 0 Å². The Morgan fingerprint density at radius 1 is 1.60 bits per heavy atom. The molecular formula is C9H13Cl. The number of fused-ring (bicyclic) bond motifs is 2. The quantitative estimate of drug-likeness (QED) is 0.426. The molecule has 0 aromatic carbocycles. The molecule has 0 aliphatic heterocycles. The molecule has 10 heavy (non-hydrogen) atoms. The fraction of sp³-hybridized carbons (Fsp3) is 0.778. The summed E-state index contributed by atoms with van der Waals surface area (Å²) in [6.07, 6.45) is 10.2. The van der Waals surface area contributed by atoms with Crippen molar-refractivity contribution in [2.24, 2.45) is 11.3 Å². The Morgan fingerprint density at radius 3 is 2.90 bits per heavy atom. The molecule has 2 atom stereocenters. The average Bonchev–Trinajstić information content (AvgIpc) is 2.46. The number of alkyl halides is 1. The van der Waals surface area contributed by atoms with Crippen LogP contribution in [-0.4, -0.2) is 5.88 Å². The van der Waals surface area contributed by atoms with Crippen LogP contribution in [0.4, 0.5) is 0 Å². The van der Waals surface area contributed by atoms with E-state index in [1.807, 2.05) is 0 Å². The monoisotopic (exact) mass is 156 g/mol. The molecule has 0 radical (unpaired) electrons. The molecular weight excluding hydrogens is 144 g/mol. The molecule has 1 fully saturated rings. The summed E-state index contributed by atoms with van der Waals surface area (Å²) in [5.41, 5.74) is 0.548. The van der Waals surface area contributed by atoms with Gasteiger partial charge in [0.1, 0.15) is 0 Å². The third-order valence-electron chi connectivity index (χ3n) is 3.00. The molecule has 2 aliphatic rings. The minimum atomic E-state index is 0.548. The summed E-state index contributed by atoms with van der Waals surface area (Å²) in [6, 6.07) is 0. The van der Waals surface area contributed by atoms with Crippen LogP contribution in [0.1, 0.15) is 25.7 Å². The molecule has 2 unspecified atom stereocenters. The maximum absolute atomic E-state index is 5.73. The summed E-state index contributed by atoms with van der Waals surface area (Å²) >= 11 is 5.73. The average molecular weight is 157 g/mol. The molecule has 2 rings (SSSR count). The van der Waals surface area contributed by atoms with Gasteiger partial charge in [-0.15, -0.1) is 11.6 Å². The van der Waals surface area contributed by atoms with Gasteiger partial charge in [0, 0.05) is 5.88 Å². The van der Waals surface area contributed by atoms with Gasteiger partial charge in [0.25, 0.3) is 0 Å². The fourth-order valence-electron chi connectivity index (χ4n) is 2.35. The van der Waals surface area contributed by atoms with Crippen molar-refractivity contribution in [1.29, 1.82) is 0 Å². The molecule has 56 valence electrons. The van der Waals surface area contributed by atoms with Crippen LogP contribution in [0.2, 0.25) is 0 Å². The van der Waals surface area contributed by atoms with Crippen molar-refractivity contribution in [2.75, 3.05) is 5.88 Å². The van der Waals surface area contributed by atoms with Crippen LogP contribution < -0.4 is 0 Å². The van der Waals surface area contributed by atoms with Crippen molar-refractivity contribution in [3.8, 4) is 0 Å². The molecule has 0 saturated heterocycles. The lowest BCUT2D eigenvalue weighted by Gasteiger charge is -2.21. The van der Waals surface area contributed by atoms with Crippen molar-refractivity contribution in [2.45, 2.75) is 25.7 Å². The Balaban J connectivity index is 2.09. The van der Waals surface area contributed by atoms with Gasteiger partial charge in [-0.25, -0.2) is 0 Å². The van der Waals surface area contributed by atoms with E-state index in [2.05, 4.69) is 12.2 Å². The Morgan fingerprint density at radius 2 is 2.50 bits per heavy atom. The van der Waals surface area contributed by atoms with Gasteiger partial charge in [-0.05, 0) is 37.0 Å². The largest absolute Gasteiger partial charge is 0.127 e. The lowest BCUT2D eigenvalue weighted by molar-refractivity contribution is 0.391. The first kappa shape index (κ1) is 6.72. The number of hydrogen-bond donors (Lipinski definition) is 0. The van der Waals surface area contributed by atoms with Crippen LogP contribution in [-0.2, 0) is 0 Å². The molecule has 0 nitrogen and oxygen atoms in total. The SMILES string of the molecule is ClCCC12C=CC(CC1)C2. The summed E-state index contributed by atoms with van der Waals surface area (Å²) in [6.45, 7) is 0. The molecule has 2 bridgehead atoms. The van der Waals surface area contributed by atoms with Crippen molar-refractivity contribution in [3.05, 3.63) is 12.2 Å². The third-order valence-corrected chi connectivity index (χ3v) is 3.19. The van der Waals surface area contributed by atoms with Crippen molar-refractivity contribution in [3.63, 3.8) is 0 Å². The van der Waals surface area contributed by atoms with Crippen molar-refractivity contribution >= 4 is 11.6 Å². The van der Waals surface area contributed by atoms with Gasteiger partial charge in [-0.3, -0.25) is 0 Å². The van der Waals surface area contributed by atoms with Crippen LogP contribution in [0.25, 0.3) is 0 Å². The van der Waals surface area contributed by atoms with E-state index in [1.54, 1.807) is 0 Å². The zero-order chi connectivity index (χ0) is 7.03. The number of hydrogen-bond acceptors (Lipinski definition) is 0. The Hall–Kier alpha value is 0.0300. The van der Waals surface area contributed by atoms with Crippen molar-refractivity contribution < 1.29 is 0 Å². The first-order valence-electron chi connectivity index (χ1n) is 4.10. The minimum absolute atomic E-state index is 0.548. The normalized spacial score (nSPS) is 43.1. The van der Waals surface area contributed by atoms with Gasteiger partial charge < -0.3 is 0 Å². The van der Waals surface area contributed by atoms with Crippen LogP contribution in [0.5, 0.6) is 0 Å². The number of halogens is 1. The smallest absolute Gasteiger partial charge is 0.0231 e. The van der Waals surface area contributed by atoms with E-state index in [4.69, 9.17) is 11.6 Å². The van der Waals surface area contributed by atoms with Gasteiger partial charge in [-0.2, -0.15) is 0 Å². The molecule has 0 amide bonds. The maximum Gasteiger partial charge on any atom is 0.0231 e. The van der Waals surface area contributed by atoms with Crippen molar-refractivity contribution in [1.82, 2.24) is 0 Å². The lowest BCUT2D eigenvalue weighted by Crippen LogP contribution is -2.11. The fourth-order valence-corrected chi connectivity index (χ4v) is 2.73. The highest BCUT2D eigenvalue weighted by molar-refractivity contribution is 6.17. The summed E-state index contributed by atoms with van der Waals surface area (Å²) in [4.78, 5) is 0. The zero-order valence-corrected chi connectivity index (χ0v) is 6.90. The van der Waals surface area contributed by atoms with E-state index in [1.165, 1.54) is 25.7 Å². The van der Waals surface area contributed by atoms with E-state index in [9.17, 15) is 0 Å². The summed E-state index contributed by atoms with van der Waals surface area (Å²) in [5.74, 6) is 1.74. The van der Waals surface area contributed by atoms with Crippen LogP contribution in [0.15, 0.2) is 12.2 Å². The van der Waals surface area contributed by atoms with E-state index in [0.29, 0.717) is 5.41 Å². The molecule has 0 heterocycles. The predicted molar refractivity (Wildman–Crippen MR) is 44.3 cm³/mol. The first-order valence-corrected chi connectivity index (χ1v) is 4.63. The molecule has 0 spiro atoms.